The minimum atomic E-state index is -1.18. The standard InChI is InChI=1S/C18H20N4O4S/c1-4-26-18-13(10-19)14(20)9-16(22-18)21-17(23)8-11-7-12(27(3)24)5-6-15(11)25-2/h5-7,9H,4,8H2,1-3H3,(H3,20,21,22,23). The Morgan fingerprint density at radius 1 is 1.41 bits per heavy atom. The summed E-state index contributed by atoms with van der Waals surface area (Å²) in [6, 6.07) is 8.35. The number of rotatable bonds is 7. The smallest absolute Gasteiger partial charge is 0.235 e. The number of benzene rings is 1. The van der Waals surface area contributed by atoms with Gasteiger partial charge in [-0.25, -0.2) is 0 Å². The molecule has 0 aliphatic heterocycles. The summed E-state index contributed by atoms with van der Waals surface area (Å²) in [4.78, 5) is 17.2. The van der Waals surface area contributed by atoms with Gasteiger partial charge in [-0.15, -0.1) is 0 Å². The van der Waals surface area contributed by atoms with Gasteiger partial charge in [0.2, 0.25) is 11.8 Å². The first-order chi connectivity index (χ1) is 12.9. The Morgan fingerprint density at radius 2 is 2.15 bits per heavy atom. The molecular weight excluding hydrogens is 368 g/mol. The molecule has 0 saturated carbocycles. The Bertz CT molecular complexity index is 924. The molecular formula is C18H20N4O4S. The molecule has 1 unspecified atom stereocenters. The van der Waals surface area contributed by atoms with E-state index in [9.17, 15) is 9.00 Å². The van der Waals surface area contributed by atoms with Gasteiger partial charge in [-0.1, -0.05) is 0 Å². The largest absolute Gasteiger partial charge is 0.496 e. The lowest BCUT2D eigenvalue weighted by atomic mass is 10.1. The number of nitrogens with two attached hydrogens (primary N) is 1. The van der Waals surface area contributed by atoms with Gasteiger partial charge in [0.25, 0.3) is 0 Å². The van der Waals surface area contributed by atoms with E-state index in [-0.39, 0.29) is 35.3 Å². The third-order valence-corrected chi connectivity index (χ3v) is 4.53. The lowest BCUT2D eigenvalue weighted by Crippen LogP contribution is -2.17. The second-order valence-corrected chi connectivity index (χ2v) is 6.85. The highest BCUT2D eigenvalue weighted by molar-refractivity contribution is 7.84. The first kappa shape index (κ1) is 20.2. The van der Waals surface area contributed by atoms with Crippen LogP contribution in [0.5, 0.6) is 11.6 Å². The van der Waals surface area contributed by atoms with Crippen LogP contribution in [0.25, 0.3) is 0 Å². The monoisotopic (exact) mass is 388 g/mol. The molecule has 0 radical (unpaired) electrons. The van der Waals surface area contributed by atoms with Gasteiger partial charge in [0.05, 0.1) is 25.8 Å². The maximum absolute atomic E-state index is 12.4. The molecule has 0 aliphatic carbocycles. The van der Waals surface area contributed by atoms with Crippen molar-refractivity contribution >= 4 is 28.2 Å². The molecule has 27 heavy (non-hydrogen) atoms. The number of anilines is 2. The summed E-state index contributed by atoms with van der Waals surface area (Å²) in [7, 11) is 0.319. The highest BCUT2D eigenvalue weighted by atomic mass is 32.2. The van der Waals surface area contributed by atoms with Crippen molar-refractivity contribution in [3.05, 3.63) is 35.4 Å². The first-order valence-electron chi connectivity index (χ1n) is 8.03. The highest BCUT2D eigenvalue weighted by Gasteiger charge is 2.15. The third-order valence-electron chi connectivity index (χ3n) is 3.61. The van der Waals surface area contributed by atoms with E-state index in [1.807, 2.05) is 6.07 Å². The van der Waals surface area contributed by atoms with Crippen LogP contribution >= 0.6 is 0 Å². The van der Waals surface area contributed by atoms with Gasteiger partial charge in [-0.05, 0) is 25.1 Å². The van der Waals surface area contributed by atoms with E-state index >= 15 is 0 Å². The number of amides is 1. The molecule has 1 aromatic heterocycles. The van der Waals surface area contributed by atoms with Crippen molar-refractivity contribution in [2.45, 2.75) is 18.2 Å². The molecule has 9 heteroatoms. The van der Waals surface area contributed by atoms with Gasteiger partial charge in [0.15, 0.2) is 0 Å². The third kappa shape index (κ3) is 4.95. The molecule has 1 heterocycles. The summed E-state index contributed by atoms with van der Waals surface area (Å²) < 4.78 is 22.2. The molecule has 0 spiro atoms. The zero-order chi connectivity index (χ0) is 20.0. The number of nitrogens with zero attached hydrogens (tertiary/aromatic N) is 2. The Hall–Kier alpha value is -3.12. The normalized spacial score (nSPS) is 11.3. The van der Waals surface area contributed by atoms with Crippen molar-refractivity contribution in [1.29, 1.82) is 5.26 Å². The maximum atomic E-state index is 12.4. The quantitative estimate of drug-likeness (QED) is 0.741. The lowest BCUT2D eigenvalue weighted by molar-refractivity contribution is -0.115. The fraction of sp³-hybridized carbons (Fsp3) is 0.278. The molecule has 0 aliphatic rings. The zero-order valence-electron chi connectivity index (χ0n) is 15.2. The number of nitrogen functional groups attached to an aromatic ring is 1. The van der Waals surface area contributed by atoms with E-state index in [2.05, 4.69) is 10.3 Å². The summed E-state index contributed by atoms with van der Waals surface area (Å²) in [6.45, 7) is 2.05. The van der Waals surface area contributed by atoms with Gasteiger partial charge in [-0.2, -0.15) is 10.2 Å². The SMILES string of the molecule is CCOc1nc(NC(=O)Cc2cc(S(C)=O)ccc2OC)cc(N)c1C#N. The Kier molecular flexibility index (Phi) is 6.73. The second kappa shape index (κ2) is 9.00. The molecule has 1 aromatic carbocycles. The van der Waals surface area contributed by atoms with E-state index in [4.69, 9.17) is 20.5 Å². The van der Waals surface area contributed by atoms with Crippen LogP contribution in [0, 0.1) is 11.3 Å². The number of aromatic nitrogens is 1. The first-order valence-corrected chi connectivity index (χ1v) is 9.59. The van der Waals surface area contributed by atoms with Crippen molar-refractivity contribution in [3.8, 4) is 17.7 Å². The topological polar surface area (TPSA) is 127 Å². The van der Waals surface area contributed by atoms with Crippen molar-refractivity contribution in [2.24, 2.45) is 0 Å². The van der Waals surface area contributed by atoms with Crippen LogP contribution < -0.4 is 20.5 Å². The molecule has 1 amide bonds. The van der Waals surface area contributed by atoms with Crippen LogP contribution in [0.3, 0.4) is 0 Å². The zero-order valence-corrected chi connectivity index (χ0v) is 16.1. The number of nitrogens with one attached hydrogen (secondary N) is 1. The molecule has 2 rings (SSSR count). The summed E-state index contributed by atoms with van der Waals surface area (Å²) in [5.41, 5.74) is 6.71. The lowest BCUT2D eigenvalue weighted by Gasteiger charge is -2.12. The average Bonchev–Trinajstić information content (AvgIpc) is 2.61. The molecule has 0 fully saturated rings. The Balaban J connectivity index is 2.25. The summed E-state index contributed by atoms with van der Waals surface area (Å²) >= 11 is 0. The van der Waals surface area contributed by atoms with Crippen LogP contribution in [0.2, 0.25) is 0 Å². The molecule has 3 N–H and O–H groups in total. The highest BCUT2D eigenvalue weighted by Crippen LogP contribution is 2.26. The summed E-state index contributed by atoms with van der Waals surface area (Å²) in [6.07, 6.45) is 1.55. The number of carbonyl (C=O) groups excluding carboxylic acids is 1. The van der Waals surface area contributed by atoms with Crippen molar-refractivity contribution in [2.75, 3.05) is 31.0 Å². The Morgan fingerprint density at radius 3 is 2.74 bits per heavy atom. The molecule has 142 valence electrons. The molecule has 0 bridgehead atoms. The van der Waals surface area contributed by atoms with Crippen LogP contribution in [-0.4, -0.2) is 35.1 Å². The van der Waals surface area contributed by atoms with Crippen molar-refractivity contribution in [1.82, 2.24) is 4.98 Å². The number of pyridine rings is 1. The van der Waals surface area contributed by atoms with Gasteiger partial charge >= 0.3 is 0 Å². The number of nitriles is 1. The Labute approximate surface area is 159 Å². The van der Waals surface area contributed by atoms with Crippen LogP contribution in [0.4, 0.5) is 11.5 Å². The van der Waals surface area contributed by atoms with E-state index in [0.717, 1.165) is 0 Å². The van der Waals surface area contributed by atoms with Crippen LogP contribution in [-0.2, 0) is 22.0 Å². The number of carbonyl (C=O) groups is 1. The number of methoxy groups -OCH3 is 1. The van der Waals surface area contributed by atoms with E-state index < -0.39 is 10.8 Å². The number of ether oxygens (including phenoxy) is 2. The van der Waals surface area contributed by atoms with Gasteiger partial charge < -0.3 is 20.5 Å². The summed E-state index contributed by atoms with van der Waals surface area (Å²) in [5.74, 6) is 0.387. The predicted molar refractivity (Wildman–Crippen MR) is 102 cm³/mol. The predicted octanol–water partition coefficient (Wildman–Crippen LogP) is 1.86. The van der Waals surface area contributed by atoms with Crippen molar-refractivity contribution < 1.29 is 18.5 Å². The van der Waals surface area contributed by atoms with E-state index in [1.54, 1.807) is 31.4 Å². The molecule has 8 nitrogen and oxygen atoms in total. The van der Waals surface area contributed by atoms with Gasteiger partial charge in [0, 0.05) is 33.6 Å². The van der Waals surface area contributed by atoms with E-state index in [0.29, 0.717) is 22.8 Å². The van der Waals surface area contributed by atoms with Gasteiger partial charge in [0.1, 0.15) is 23.2 Å². The summed E-state index contributed by atoms with van der Waals surface area (Å²) in [5, 5.41) is 11.8. The van der Waals surface area contributed by atoms with Crippen LogP contribution in [0.15, 0.2) is 29.2 Å². The number of hydrogen-bond acceptors (Lipinski definition) is 7. The fourth-order valence-corrected chi connectivity index (χ4v) is 2.96. The molecule has 2 aromatic rings. The fourth-order valence-electron chi connectivity index (χ4n) is 2.39. The maximum Gasteiger partial charge on any atom is 0.235 e. The van der Waals surface area contributed by atoms with E-state index in [1.165, 1.54) is 13.2 Å². The molecule has 0 saturated heterocycles. The minimum absolute atomic E-state index is 0.0141. The molecule has 1 atom stereocenters. The second-order valence-electron chi connectivity index (χ2n) is 5.47. The average molecular weight is 388 g/mol. The number of hydrogen-bond donors (Lipinski definition) is 2. The minimum Gasteiger partial charge on any atom is -0.496 e. The van der Waals surface area contributed by atoms with Gasteiger partial charge in [-0.3, -0.25) is 9.00 Å². The van der Waals surface area contributed by atoms with Crippen LogP contribution in [0.1, 0.15) is 18.1 Å². The van der Waals surface area contributed by atoms with Crippen molar-refractivity contribution in [3.63, 3.8) is 0 Å².